The summed E-state index contributed by atoms with van der Waals surface area (Å²) in [5.74, 6) is -0.779. The van der Waals surface area contributed by atoms with Gasteiger partial charge in [0.2, 0.25) is 21.8 Å². The molecular weight excluding hydrogens is 402 g/mol. The normalized spacial score (nSPS) is 24.5. The first-order valence-electron chi connectivity index (χ1n) is 10.9. The van der Waals surface area contributed by atoms with Gasteiger partial charge >= 0.3 is 0 Å². The Morgan fingerprint density at radius 3 is 2.40 bits per heavy atom. The minimum atomic E-state index is -3.61. The maximum atomic E-state index is 13.6. The zero-order chi connectivity index (χ0) is 21.9. The molecule has 1 unspecified atom stereocenters. The number of nitrogens with zero attached hydrogens (tertiary/aromatic N) is 2. The van der Waals surface area contributed by atoms with Crippen LogP contribution in [0.25, 0.3) is 0 Å². The number of para-hydroxylation sites is 1. The Hall–Kier alpha value is -1.93. The first-order valence-corrected chi connectivity index (χ1v) is 12.5. The molecule has 0 bridgehead atoms. The molecule has 8 heteroatoms. The van der Waals surface area contributed by atoms with Crippen molar-refractivity contribution in [3.8, 4) is 0 Å². The van der Waals surface area contributed by atoms with Crippen molar-refractivity contribution in [1.29, 1.82) is 0 Å². The second-order valence-corrected chi connectivity index (χ2v) is 10.9. The van der Waals surface area contributed by atoms with E-state index in [1.54, 1.807) is 13.8 Å². The fraction of sp³-hybridized carbons (Fsp3) is 0.636. The lowest BCUT2D eigenvalue weighted by Crippen LogP contribution is -2.71. The second kappa shape index (κ2) is 9.06. The third kappa shape index (κ3) is 4.54. The number of benzene rings is 1. The van der Waals surface area contributed by atoms with E-state index in [2.05, 4.69) is 5.32 Å². The van der Waals surface area contributed by atoms with Crippen LogP contribution in [0.1, 0.15) is 57.9 Å². The molecular formula is C22H33N3O4S. The number of sulfonamides is 1. The van der Waals surface area contributed by atoms with Gasteiger partial charge in [0.25, 0.3) is 0 Å². The highest BCUT2D eigenvalue weighted by molar-refractivity contribution is 7.89. The molecule has 1 atom stereocenters. The van der Waals surface area contributed by atoms with Crippen LogP contribution in [0.4, 0.5) is 5.69 Å². The van der Waals surface area contributed by atoms with Crippen molar-refractivity contribution >= 4 is 27.5 Å². The molecule has 30 heavy (non-hydrogen) atoms. The summed E-state index contributed by atoms with van der Waals surface area (Å²) in [5.41, 5.74) is 0.191. The predicted octanol–water partition coefficient (Wildman–Crippen LogP) is 2.59. The molecule has 3 rings (SSSR count). The number of hydrogen-bond acceptors (Lipinski definition) is 4. The molecule has 7 nitrogen and oxygen atoms in total. The van der Waals surface area contributed by atoms with Crippen LogP contribution in [-0.2, 0) is 19.6 Å². The van der Waals surface area contributed by atoms with Gasteiger partial charge in [-0.05, 0) is 45.2 Å². The van der Waals surface area contributed by atoms with E-state index in [0.29, 0.717) is 5.69 Å². The SMILES string of the molecule is CCS(=O)(=O)N1CC(=O)N(c2ccccc2C)C(C)(C(=O)NC2CCCCCC2)C1. The predicted molar refractivity (Wildman–Crippen MR) is 118 cm³/mol. The summed E-state index contributed by atoms with van der Waals surface area (Å²) in [6, 6.07) is 7.47. The van der Waals surface area contributed by atoms with Crippen LogP contribution in [-0.4, -0.2) is 55.0 Å². The number of carbonyl (C=O) groups excluding carboxylic acids is 2. The smallest absolute Gasteiger partial charge is 0.247 e. The topological polar surface area (TPSA) is 86.8 Å². The van der Waals surface area contributed by atoms with Gasteiger partial charge in [-0.2, -0.15) is 4.31 Å². The Morgan fingerprint density at radius 1 is 1.17 bits per heavy atom. The van der Waals surface area contributed by atoms with Crippen molar-refractivity contribution in [3.63, 3.8) is 0 Å². The Morgan fingerprint density at radius 2 is 1.80 bits per heavy atom. The Balaban J connectivity index is 1.99. The third-order valence-electron chi connectivity index (χ3n) is 6.33. The quantitative estimate of drug-likeness (QED) is 0.720. The van der Waals surface area contributed by atoms with E-state index in [9.17, 15) is 18.0 Å². The van der Waals surface area contributed by atoms with Crippen molar-refractivity contribution < 1.29 is 18.0 Å². The first-order chi connectivity index (χ1) is 14.2. The van der Waals surface area contributed by atoms with Crippen LogP contribution in [0.5, 0.6) is 0 Å². The zero-order valence-corrected chi connectivity index (χ0v) is 19.0. The van der Waals surface area contributed by atoms with Crippen LogP contribution in [0.2, 0.25) is 0 Å². The summed E-state index contributed by atoms with van der Waals surface area (Å²) in [4.78, 5) is 28.3. The molecule has 1 aliphatic carbocycles. The molecule has 1 N–H and O–H groups in total. The molecule has 1 aliphatic heterocycles. The number of rotatable bonds is 5. The van der Waals surface area contributed by atoms with E-state index in [-0.39, 0.29) is 36.7 Å². The van der Waals surface area contributed by atoms with Crippen LogP contribution in [0.3, 0.4) is 0 Å². The molecule has 1 aromatic rings. The van der Waals surface area contributed by atoms with Crippen LogP contribution < -0.4 is 10.2 Å². The second-order valence-electron chi connectivity index (χ2n) is 8.62. The van der Waals surface area contributed by atoms with Gasteiger partial charge < -0.3 is 5.32 Å². The molecule has 0 radical (unpaired) electrons. The lowest BCUT2D eigenvalue weighted by Gasteiger charge is -2.47. The molecule has 0 spiro atoms. The lowest BCUT2D eigenvalue weighted by atomic mass is 9.92. The van der Waals surface area contributed by atoms with Gasteiger partial charge in [0.05, 0.1) is 12.3 Å². The van der Waals surface area contributed by atoms with Gasteiger partial charge in [0, 0.05) is 18.3 Å². The van der Waals surface area contributed by atoms with Gasteiger partial charge in [-0.15, -0.1) is 0 Å². The maximum Gasteiger partial charge on any atom is 0.247 e. The van der Waals surface area contributed by atoms with Crippen molar-refractivity contribution in [2.45, 2.75) is 70.9 Å². The average molecular weight is 436 g/mol. The monoisotopic (exact) mass is 435 g/mol. The average Bonchev–Trinajstić information content (AvgIpc) is 2.97. The summed E-state index contributed by atoms with van der Waals surface area (Å²) in [7, 11) is -3.61. The number of anilines is 1. The van der Waals surface area contributed by atoms with Gasteiger partial charge in [0.1, 0.15) is 5.54 Å². The molecule has 1 heterocycles. The van der Waals surface area contributed by atoms with E-state index in [1.807, 2.05) is 31.2 Å². The van der Waals surface area contributed by atoms with Gasteiger partial charge in [-0.1, -0.05) is 43.9 Å². The summed E-state index contributed by atoms with van der Waals surface area (Å²) in [6.45, 7) is 4.82. The molecule has 166 valence electrons. The summed E-state index contributed by atoms with van der Waals surface area (Å²) in [5, 5.41) is 3.14. The fourth-order valence-electron chi connectivity index (χ4n) is 4.50. The molecule has 0 aromatic heterocycles. The highest BCUT2D eigenvalue weighted by Crippen LogP contribution is 2.33. The fourth-order valence-corrected chi connectivity index (χ4v) is 5.62. The van der Waals surface area contributed by atoms with Gasteiger partial charge in [0.15, 0.2) is 0 Å². The van der Waals surface area contributed by atoms with E-state index in [0.717, 1.165) is 35.6 Å². The molecule has 1 saturated heterocycles. The standard InChI is InChI=1S/C22H33N3O4S/c1-4-30(28,29)24-15-20(26)25(19-14-10-9-11-17(19)2)22(3,16-24)21(27)23-18-12-7-5-6-8-13-18/h9-11,14,18H,4-8,12-13,15-16H2,1-3H3,(H,23,27). The number of hydrogen-bond donors (Lipinski definition) is 1. The number of nitrogens with one attached hydrogen (secondary N) is 1. The lowest BCUT2D eigenvalue weighted by molar-refractivity contribution is -0.133. The van der Waals surface area contributed by atoms with E-state index < -0.39 is 15.6 Å². The van der Waals surface area contributed by atoms with Crippen molar-refractivity contribution in [3.05, 3.63) is 29.8 Å². The number of aryl methyl sites for hydroxylation is 1. The van der Waals surface area contributed by atoms with E-state index in [1.165, 1.54) is 17.7 Å². The minimum Gasteiger partial charge on any atom is -0.351 e. The summed E-state index contributed by atoms with van der Waals surface area (Å²) < 4.78 is 26.3. The third-order valence-corrected chi connectivity index (χ3v) is 8.11. The highest BCUT2D eigenvalue weighted by atomic mass is 32.2. The molecule has 1 saturated carbocycles. The minimum absolute atomic E-state index is 0.0538. The first kappa shape index (κ1) is 22.7. The molecule has 1 aromatic carbocycles. The molecule has 2 amide bonds. The van der Waals surface area contributed by atoms with Crippen LogP contribution >= 0.6 is 0 Å². The molecule has 2 fully saturated rings. The van der Waals surface area contributed by atoms with Crippen molar-refractivity contribution in [2.24, 2.45) is 0 Å². The Bertz CT molecular complexity index is 893. The molecule has 2 aliphatic rings. The van der Waals surface area contributed by atoms with Crippen LogP contribution in [0, 0.1) is 6.92 Å². The maximum absolute atomic E-state index is 13.6. The van der Waals surface area contributed by atoms with E-state index >= 15 is 0 Å². The van der Waals surface area contributed by atoms with E-state index in [4.69, 9.17) is 0 Å². The summed E-state index contributed by atoms with van der Waals surface area (Å²) >= 11 is 0. The number of carbonyl (C=O) groups is 2. The van der Waals surface area contributed by atoms with Crippen LogP contribution in [0.15, 0.2) is 24.3 Å². The highest BCUT2D eigenvalue weighted by Gasteiger charge is 2.51. The van der Waals surface area contributed by atoms with Gasteiger partial charge in [-0.25, -0.2) is 8.42 Å². The van der Waals surface area contributed by atoms with Gasteiger partial charge in [-0.3, -0.25) is 14.5 Å². The van der Waals surface area contributed by atoms with Crippen molar-refractivity contribution in [1.82, 2.24) is 9.62 Å². The zero-order valence-electron chi connectivity index (χ0n) is 18.2. The summed E-state index contributed by atoms with van der Waals surface area (Å²) in [6.07, 6.45) is 6.30. The largest absolute Gasteiger partial charge is 0.351 e. The number of piperazine rings is 1. The Kier molecular flexibility index (Phi) is 6.87. The number of amides is 2. The van der Waals surface area contributed by atoms with Crippen molar-refractivity contribution in [2.75, 3.05) is 23.7 Å². The Labute approximate surface area is 179 Å².